The van der Waals surface area contributed by atoms with E-state index >= 15 is 0 Å². The molecule has 0 aliphatic heterocycles. The first-order chi connectivity index (χ1) is 8.28. The van der Waals surface area contributed by atoms with Gasteiger partial charge in [-0.2, -0.15) is 16.6 Å². The number of nitrogens with zero attached hydrogens (tertiary/aromatic N) is 1. The molecule has 0 spiro atoms. The third kappa shape index (κ3) is 3.10. The molecular weight excluding hydrogens is 226 g/mol. The molecular formula is C15H21NS. The van der Waals surface area contributed by atoms with Gasteiger partial charge >= 0.3 is 0 Å². The molecule has 1 heterocycles. The summed E-state index contributed by atoms with van der Waals surface area (Å²) in [5.41, 5.74) is 1.38. The minimum absolute atomic E-state index is 0.0269. The fraction of sp³-hybridized carbons (Fsp3) is 0.667. The largest absolute Gasteiger partial charge is 0.198 e. The Kier molecular flexibility index (Phi) is 4.23. The topological polar surface area (TPSA) is 23.8 Å². The normalized spacial score (nSPS) is 28.8. The van der Waals surface area contributed by atoms with Gasteiger partial charge in [0, 0.05) is 0 Å². The minimum Gasteiger partial charge on any atom is -0.198 e. The van der Waals surface area contributed by atoms with Crippen LogP contribution in [0.15, 0.2) is 16.8 Å². The van der Waals surface area contributed by atoms with E-state index in [2.05, 4.69) is 29.8 Å². The smallest absolute Gasteiger partial charge is 0.0689 e. The fourth-order valence-corrected chi connectivity index (χ4v) is 3.74. The summed E-state index contributed by atoms with van der Waals surface area (Å²) in [6.45, 7) is 2.26. The van der Waals surface area contributed by atoms with E-state index in [4.69, 9.17) is 0 Å². The lowest BCUT2D eigenvalue weighted by Crippen LogP contribution is -2.27. The molecule has 1 saturated carbocycles. The maximum atomic E-state index is 9.54. The van der Waals surface area contributed by atoms with Crippen LogP contribution in [-0.2, 0) is 6.42 Å². The molecule has 0 bridgehead atoms. The van der Waals surface area contributed by atoms with E-state index in [9.17, 15) is 5.26 Å². The Hall–Kier alpha value is -0.810. The molecule has 1 nitrogen and oxygen atoms in total. The van der Waals surface area contributed by atoms with Crippen molar-refractivity contribution in [1.82, 2.24) is 0 Å². The number of rotatable bonds is 4. The van der Waals surface area contributed by atoms with Gasteiger partial charge in [-0.3, -0.25) is 0 Å². The predicted octanol–water partition coefficient (Wildman–Crippen LogP) is 4.79. The first kappa shape index (κ1) is 12.6. The lowest BCUT2D eigenvalue weighted by Gasteiger charge is -2.35. The zero-order valence-electron chi connectivity index (χ0n) is 10.6. The van der Waals surface area contributed by atoms with Crippen molar-refractivity contribution in [3.63, 3.8) is 0 Å². The highest BCUT2D eigenvalue weighted by molar-refractivity contribution is 7.07. The molecule has 2 rings (SSSR count). The average Bonchev–Trinajstić information content (AvgIpc) is 2.90. The monoisotopic (exact) mass is 247 g/mol. The second-order valence-corrected chi connectivity index (χ2v) is 6.17. The summed E-state index contributed by atoms with van der Waals surface area (Å²) in [5, 5.41) is 13.9. The van der Waals surface area contributed by atoms with Crippen LogP contribution in [0.1, 0.15) is 51.0 Å². The lowest BCUT2D eigenvalue weighted by molar-refractivity contribution is 0.183. The molecule has 0 amide bonds. The van der Waals surface area contributed by atoms with E-state index in [0.29, 0.717) is 0 Å². The van der Waals surface area contributed by atoms with E-state index in [-0.39, 0.29) is 5.41 Å². The van der Waals surface area contributed by atoms with Crippen LogP contribution in [0.3, 0.4) is 0 Å². The first-order valence-electron chi connectivity index (χ1n) is 6.70. The zero-order chi connectivity index (χ0) is 12.1. The van der Waals surface area contributed by atoms with Crippen LogP contribution in [0.2, 0.25) is 0 Å². The Morgan fingerprint density at radius 2 is 2.47 bits per heavy atom. The van der Waals surface area contributed by atoms with Crippen LogP contribution in [0.4, 0.5) is 0 Å². The van der Waals surface area contributed by atoms with Crippen LogP contribution in [0.5, 0.6) is 0 Å². The van der Waals surface area contributed by atoms with Crippen molar-refractivity contribution < 1.29 is 0 Å². The molecule has 1 aliphatic rings. The summed E-state index contributed by atoms with van der Waals surface area (Å²) < 4.78 is 0. The van der Waals surface area contributed by atoms with Crippen molar-refractivity contribution in [1.29, 1.82) is 5.26 Å². The number of hydrogen-bond donors (Lipinski definition) is 0. The molecule has 0 aromatic carbocycles. The Morgan fingerprint density at radius 1 is 1.59 bits per heavy atom. The second kappa shape index (κ2) is 5.69. The van der Waals surface area contributed by atoms with E-state index < -0.39 is 0 Å². The Balaban J connectivity index is 1.97. The van der Waals surface area contributed by atoms with Crippen molar-refractivity contribution in [2.24, 2.45) is 11.3 Å². The number of nitriles is 1. The Morgan fingerprint density at radius 3 is 3.12 bits per heavy atom. The quantitative estimate of drug-likeness (QED) is 0.750. The summed E-state index contributed by atoms with van der Waals surface area (Å²) in [6, 6.07) is 4.84. The third-order valence-corrected chi connectivity index (χ3v) is 4.97. The lowest BCUT2D eigenvalue weighted by atomic mass is 9.67. The molecule has 0 radical (unpaired) electrons. The van der Waals surface area contributed by atoms with E-state index in [1.54, 1.807) is 11.3 Å². The fourth-order valence-electron chi connectivity index (χ4n) is 3.04. The van der Waals surface area contributed by atoms with Gasteiger partial charge in [0.1, 0.15) is 0 Å². The molecule has 1 fully saturated rings. The second-order valence-electron chi connectivity index (χ2n) is 5.39. The Bertz CT molecular complexity index is 376. The van der Waals surface area contributed by atoms with Gasteiger partial charge in [0.2, 0.25) is 0 Å². The molecule has 2 unspecified atom stereocenters. The maximum Gasteiger partial charge on any atom is 0.0689 e. The first-order valence-corrected chi connectivity index (χ1v) is 7.64. The summed E-state index contributed by atoms with van der Waals surface area (Å²) in [6.07, 6.45) is 8.19. The number of hydrogen-bond acceptors (Lipinski definition) is 2. The van der Waals surface area contributed by atoms with Crippen LogP contribution in [0.25, 0.3) is 0 Å². The van der Waals surface area contributed by atoms with Crippen LogP contribution < -0.4 is 0 Å². The van der Waals surface area contributed by atoms with Gasteiger partial charge in [0.25, 0.3) is 0 Å². The van der Waals surface area contributed by atoms with Crippen molar-refractivity contribution >= 4 is 11.3 Å². The highest BCUT2D eigenvalue weighted by Crippen LogP contribution is 2.43. The SMILES string of the molecule is CCC1CCCC(C#N)(CCc2ccsc2)C1. The molecule has 1 aromatic rings. The summed E-state index contributed by atoms with van der Waals surface area (Å²) in [5.74, 6) is 0.783. The molecule has 0 N–H and O–H groups in total. The van der Waals surface area contributed by atoms with Gasteiger partial charge in [-0.1, -0.05) is 26.2 Å². The zero-order valence-corrected chi connectivity index (χ0v) is 11.4. The van der Waals surface area contributed by atoms with Gasteiger partial charge in [-0.05, 0) is 54.0 Å². The van der Waals surface area contributed by atoms with Gasteiger partial charge in [-0.25, -0.2) is 0 Å². The summed E-state index contributed by atoms with van der Waals surface area (Å²) >= 11 is 1.75. The van der Waals surface area contributed by atoms with Gasteiger partial charge in [-0.15, -0.1) is 0 Å². The van der Waals surface area contributed by atoms with Crippen molar-refractivity contribution in [3.05, 3.63) is 22.4 Å². The molecule has 2 atom stereocenters. The van der Waals surface area contributed by atoms with Crippen LogP contribution >= 0.6 is 11.3 Å². The highest BCUT2D eigenvalue weighted by Gasteiger charge is 2.35. The Labute approximate surface area is 108 Å². The van der Waals surface area contributed by atoms with E-state index in [0.717, 1.165) is 31.6 Å². The van der Waals surface area contributed by atoms with E-state index in [1.807, 2.05) is 0 Å². The van der Waals surface area contributed by atoms with Crippen molar-refractivity contribution in [2.45, 2.75) is 51.9 Å². The summed E-state index contributed by atoms with van der Waals surface area (Å²) in [4.78, 5) is 0. The molecule has 0 saturated heterocycles. The maximum absolute atomic E-state index is 9.54. The van der Waals surface area contributed by atoms with Gasteiger partial charge < -0.3 is 0 Å². The molecule has 1 aromatic heterocycles. The molecule has 17 heavy (non-hydrogen) atoms. The highest BCUT2D eigenvalue weighted by atomic mass is 32.1. The number of aryl methyl sites for hydroxylation is 1. The van der Waals surface area contributed by atoms with Crippen LogP contribution in [-0.4, -0.2) is 0 Å². The van der Waals surface area contributed by atoms with E-state index in [1.165, 1.54) is 24.8 Å². The molecule has 92 valence electrons. The van der Waals surface area contributed by atoms with Crippen LogP contribution in [0, 0.1) is 22.7 Å². The van der Waals surface area contributed by atoms with Gasteiger partial charge in [0.05, 0.1) is 11.5 Å². The number of thiophene rings is 1. The van der Waals surface area contributed by atoms with Gasteiger partial charge in [0.15, 0.2) is 0 Å². The molecule has 1 aliphatic carbocycles. The predicted molar refractivity (Wildman–Crippen MR) is 72.9 cm³/mol. The van der Waals surface area contributed by atoms with Crippen molar-refractivity contribution in [3.8, 4) is 6.07 Å². The average molecular weight is 247 g/mol. The standard InChI is InChI=1S/C15H21NS/c1-2-13-4-3-7-15(10-13,12-16)8-5-14-6-9-17-11-14/h6,9,11,13H,2-5,7-8,10H2,1H3. The summed E-state index contributed by atoms with van der Waals surface area (Å²) in [7, 11) is 0. The van der Waals surface area contributed by atoms with Crippen molar-refractivity contribution in [2.75, 3.05) is 0 Å². The molecule has 2 heteroatoms. The third-order valence-electron chi connectivity index (χ3n) is 4.23. The minimum atomic E-state index is -0.0269.